The van der Waals surface area contributed by atoms with Crippen molar-refractivity contribution in [2.75, 3.05) is 0 Å². The minimum atomic E-state index is -0.576. The lowest BCUT2D eigenvalue weighted by molar-refractivity contribution is -0.301. The highest BCUT2D eigenvalue weighted by atomic mass is 17.2. The molecule has 0 N–H and O–H groups in total. The van der Waals surface area contributed by atoms with Gasteiger partial charge in [-0.25, -0.2) is 9.59 Å². The quantitative estimate of drug-likeness (QED) is 0.234. The molecule has 0 saturated heterocycles. The molecule has 6 nitrogen and oxygen atoms in total. The fourth-order valence-electron chi connectivity index (χ4n) is 2.73. The third-order valence-corrected chi connectivity index (χ3v) is 4.56. The van der Waals surface area contributed by atoms with E-state index in [1.54, 1.807) is 90.1 Å². The lowest BCUT2D eigenvalue weighted by Crippen LogP contribution is -2.21. The fourth-order valence-corrected chi connectivity index (χ4v) is 2.73. The average molecular weight is 511 g/mol. The van der Waals surface area contributed by atoms with Crippen molar-refractivity contribution in [2.45, 2.75) is 52.7 Å². The molecule has 38 heavy (non-hydrogen) atoms. The van der Waals surface area contributed by atoms with Crippen LogP contribution in [0.3, 0.4) is 0 Å². The normalized spacial score (nSPS) is 10.9. The molecule has 0 radical (unpaired) electrons. The van der Waals surface area contributed by atoms with E-state index in [0.29, 0.717) is 11.1 Å². The Morgan fingerprint density at radius 2 is 0.711 bits per heavy atom. The van der Waals surface area contributed by atoms with Crippen LogP contribution in [0.15, 0.2) is 72.8 Å². The summed E-state index contributed by atoms with van der Waals surface area (Å²) in [6.45, 7) is 10.8. The van der Waals surface area contributed by atoms with Gasteiger partial charge in [0.25, 0.3) is 0 Å². The van der Waals surface area contributed by atoms with Gasteiger partial charge in [-0.15, -0.1) is 0 Å². The molecule has 6 heteroatoms. The molecule has 0 amide bonds. The minimum absolute atomic E-state index is 0.381. The lowest BCUT2D eigenvalue weighted by Gasteiger charge is -2.16. The summed E-state index contributed by atoms with van der Waals surface area (Å²) in [7, 11) is 0. The molecular formula is C32H30O6. The second-order valence-electron chi connectivity index (χ2n) is 10.4. The van der Waals surface area contributed by atoms with E-state index in [0.717, 1.165) is 22.3 Å². The first-order valence-corrected chi connectivity index (χ1v) is 12.0. The Morgan fingerprint density at radius 1 is 0.474 bits per heavy atom. The van der Waals surface area contributed by atoms with Crippen LogP contribution in [0.1, 0.15) is 84.5 Å². The number of benzene rings is 3. The van der Waals surface area contributed by atoms with E-state index in [1.807, 2.05) is 24.3 Å². The number of carbonyl (C=O) groups is 2. The molecule has 0 bridgehead atoms. The van der Waals surface area contributed by atoms with Crippen LogP contribution >= 0.6 is 0 Å². The van der Waals surface area contributed by atoms with E-state index >= 15 is 0 Å². The Balaban J connectivity index is 1.57. The number of hydrogen-bond acceptors (Lipinski definition) is 6. The van der Waals surface area contributed by atoms with E-state index in [-0.39, 0.29) is 0 Å². The molecule has 0 aromatic heterocycles. The summed E-state index contributed by atoms with van der Waals surface area (Å²) in [5, 5.41) is 0. The van der Waals surface area contributed by atoms with Crippen molar-refractivity contribution in [1.29, 1.82) is 0 Å². The third-order valence-electron chi connectivity index (χ3n) is 4.56. The van der Waals surface area contributed by atoms with E-state index in [9.17, 15) is 9.59 Å². The zero-order valence-electron chi connectivity index (χ0n) is 22.4. The van der Waals surface area contributed by atoms with E-state index in [4.69, 9.17) is 19.6 Å². The molecule has 0 atom stereocenters. The maximum atomic E-state index is 12.0. The summed E-state index contributed by atoms with van der Waals surface area (Å²) < 4.78 is 0. The van der Waals surface area contributed by atoms with Crippen LogP contribution in [0.5, 0.6) is 0 Å². The first-order valence-electron chi connectivity index (χ1n) is 12.0. The Kier molecular flexibility index (Phi) is 9.10. The summed E-state index contributed by atoms with van der Waals surface area (Å²) in [5.74, 6) is 11.2. The van der Waals surface area contributed by atoms with Crippen molar-refractivity contribution in [3.8, 4) is 23.7 Å². The molecule has 0 aliphatic carbocycles. The topological polar surface area (TPSA) is 71.1 Å². The van der Waals surface area contributed by atoms with Gasteiger partial charge in [0.15, 0.2) is 0 Å². The maximum absolute atomic E-state index is 12.0. The molecule has 3 aromatic carbocycles. The second kappa shape index (κ2) is 12.3. The first kappa shape index (κ1) is 28.2. The van der Waals surface area contributed by atoms with Crippen LogP contribution in [-0.2, 0) is 19.6 Å². The van der Waals surface area contributed by atoms with Crippen LogP contribution in [0, 0.1) is 23.7 Å². The smallest absolute Gasteiger partial charge is 0.292 e. The Morgan fingerprint density at radius 3 is 0.947 bits per heavy atom. The summed E-state index contributed by atoms with van der Waals surface area (Å²) >= 11 is 0. The van der Waals surface area contributed by atoms with Crippen molar-refractivity contribution >= 4 is 11.9 Å². The van der Waals surface area contributed by atoms with E-state index in [2.05, 4.69) is 23.7 Å². The van der Waals surface area contributed by atoms with Crippen molar-refractivity contribution < 1.29 is 29.1 Å². The van der Waals surface area contributed by atoms with E-state index < -0.39 is 23.1 Å². The van der Waals surface area contributed by atoms with Crippen molar-refractivity contribution in [3.05, 3.63) is 106 Å². The van der Waals surface area contributed by atoms with Gasteiger partial charge in [-0.3, -0.25) is 9.78 Å². The predicted octanol–water partition coefficient (Wildman–Crippen LogP) is 6.26. The van der Waals surface area contributed by atoms with Crippen LogP contribution in [-0.4, -0.2) is 23.1 Å². The Bertz CT molecular complexity index is 1270. The van der Waals surface area contributed by atoms with Crippen molar-refractivity contribution in [2.24, 2.45) is 0 Å². The van der Waals surface area contributed by atoms with Gasteiger partial charge in [-0.05, 0) is 114 Å². The van der Waals surface area contributed by atoms with Crippen LogP contribution in [0.25, 0.3) is 0 Å². The predicted molar refractivity (Wildman–Crippen MR) is 144 cm³/mol. The monoisotopic (exact) mass is 510 g/mol. The SMILES string of the molecule is CC(C)(C)OOC(=O)c1ccc(C#Cc2ccc(C#Cc3ccc(C(=O)OOC(C)(C)C)cc3)cc2)cc1. The van der Waals surface area contributed by atoms with Crippen LogP contribution in [0.4, 0.5) is 0 Å². The summed E-state index contributed by atoms with van der Waals surface area (Å²) in [5.41, 5.74) is 2.80. The zero-order chi connectivity index (χ0) is 27.8. The zero-order valence-corrected chi connectivity index (χ0v) is 22.4. The Labute approximate surface area is 223 Å². The highest BCUT2D eigenvalue weighted by Gasteiger charge is 2.17. The highest BCUT2D eigenvalue weighted by molar-refractivity contribution is 5.89. The van der Waals surface area contributed by atoms with Crippen molar-refractivity contribution in [3.63, 3.8) is 0 Å². The molecule has 0 unspecified atom stereocenters. The first-order chi connectivity index (χ1) is 17.9. The van der Waals surface area contributed by atoms with Gasteiger partial charge in [-0.1, -0.05) is 23.7 Å². The van der Waals surface area contributed by atoms with Crippen LogP contribution in [0.2, 0.25) is 0 Å². The van der Waals surface area contributed by atoms with Gasteiger partial charge < -0.3 is 0 Å². The highest BCUT2D eigenvalue weighted by Crippen LogP contribution is 2.13. The molecule has 0 spiro atoms. The molecule has 3 aromatic rings. The summed E-state index contributed by atoms with van der Waals surface area (Å²) in [6, 6.07) is 21.2. The van der Waals surface area contributed by atoms with Gasteiger partial charge in [0, 0.05) is 22.3 Å². The molecule has 0 saturated carbocycles. The maximum Gasteiger partial charge on any atom is 0.373 e. The van der Waals surface area contributed by atoms with Gasteiger partial charge in [0.2, 0.25) is 0 Å². The largest absolute Gasteiger partial charge is 0.373 e. The standard InChI is InChI=1S/C32H30O6/c1-31(2,3)37-35-29(33)27-19-15-25(16-20-27)13-11-23-7-9-24(10-8-23)12-14-26-17-21-28(22-18-26)30(34)36-38-32(4,5)6/h7-10,15-22H,1-6H3. The van der Waals surface area contributed by atoms with Crippen LogP contribution < -0.4 is 0 Å². The van der Waals surface area contributed by atoms with Gasteiger partial charge >= 0.3 is 11.9 Å². The van der Waals surface area contributed by atoms with Gasteiger partial charge in [-0.2, -0.15) is 9.78 Å². The van der Waals surface area contributed by atoms with E-state index in [1.165, 1.54) is 0 Å². The van der Waals surface area contributed by atoms with Gasteiger partial charge in [0.05, 0.1) is 11.1 Å². The Hall–Kier alpha value is -4.36. The second-order valence-corrected chi connectivity index (χ2v) is 10.4. The van der Waals surface area contributed by atoms with Gasteiger partial charge in [0.1, 0.15) is 11.2 Å². The number of rotatable bonds is 4. The molecule has 0 fully saturated rings. The lowest BCUT2D eigenvalue weighted by atomic mass is 10.1. The molecule has 0 aliphatic heterocycles. The summed E-state index contributed by atoms with van der Waals surface area (Å²) in [4.78, 5) is 43.9. The van der Waals surface area contributed by atoms with Crippen molar-refractivity contribution in [1.82, 2.24) is 0 Å². The molecule has 194 valence electrons. The number of carbonyl (C=O) groups excluding carboxylic acids is 2. The summed E-state index contributed by atoms with van der Waals surface area (Å²) in [6.07, 6.45) is 0. The number of hydrogen-bond donors (Lipinski definition) is 0. The third kappa shape index (κ3) is 9.59. The minimum Gasteiger partial charge on any atom is -0.292 e. The molecule has 0 aliphatic rings. The fraction of sp³-hybridized carbons (Fsp3) is 0.250. The molecular weight excluding hydrogens is 480 g/mol. The average Bonchev–Trinajstić information content (AvgIpc) is 2.88. The molecule has 0 heterocycles. The molecule has 3 rings (SSSR count).